The zero-order valence-electron chi connectivity index (χ0n) is 16.8. The van der Waals surface area contributed by atoms with Crippen molar-refractivity contribution in [2.24, 2.45) is 5.73 Å². The highest BCUT2D eigenvalue weighted by molar-refractivity contribution is 6.11. The van der Waals surface area contributed by atoms with Gasteiger partial charge in [-0.1, -0.05) is 43.3 Å². The smallest absolute Gasteiger partial charge is 0.250 e. The number of carbonyl (C=O) groups is 2. The van der Waals surface area contributed by atoms with Gasteiger partial charge in [0.1, 0.15) is 5.78 Å². The van der Waals surface area contributed by atoms with Crippen molar-refractivity contribution in [2.75, 3.05) is 0 Å². The van der Waals surface area contributed by atoms with E-state index in [1.807, 2.05) is 62.4 Å². The topological polar surface area (TPSA) is 93.3 Å². The number of aryl methyl sites for hydroxylation is 1. The Bertz CT molecular complexity index is 1040. The molecule has 0 bridgehead atoms. The van der Waals surface area contributed by atoms with E-state index < -0.39 is 12.0 Å². The van der Waals surface area contributed by atoms with Crippen molar-refractivity contribution in [3.05, 3.63) is 65.4 Å². The monoisotopic (exact) mass is 390 g/mol. The van der Waals surface area contributed by atoms with Gasteiger partial charge in [0.2, 0.25) is 5.91 Å². The third-order valence-corrected chi connectivity index (χ3v) is 5.17. The average molecular weight is 390 g/mol. The van der Waals surface area contributed by atoms with E-state index in [1.54, 1.807) is 0 Å². The van der Waals surface area contributed by atoms with Gasteiger partial charge in [-0.05, 0) is 43.0 Å². The molecule has 29 heavy (non-hydrogen) atoms. The first-order valence-electron chi connectivity index (χ1n) is 9.89. The molecule has 1 amide bonds. The molecule has 1 aromatic heterocycles. The number of aliphatic hydroxyl groups excluding tert-OH is 1. The van der Waals surface area contributed by atoms with E-state index in [2.05, 4.69) is 4.98 Å². The number of aliphatic hydroxyl groups is 1. The third kappa shape index (κ3) is 4.69. The first kappa shape index (κ1) is 20.7. The maximum absolute atomic E-state index is 12.4. The van der Waals surface area contributed by atoms with Crippen LogP contribution in [0.25, 0.3) is 22.0 Å². The van der Waals surface area contributed by atoms with Crippen LogP contribution in [0.4, 0.5) is 0 Å². The van der Waals surface area contributed by atoms with Gasteiger partial charge in [0.05, 0.1) is 17.2 Å². The Morgan fingerprint density at radius 1 is 1.14 bits per heavy atom. The van der Waals surface area contributed by atoms with Crippen molar-refractivity contribution in [3.63, 3.8) is 0 Å². The van der Waals surface area contributed by atoms with Gasteiger partial charge in [-0.25, -0.2) is 0 Å². The van der Waals surface area contributed by atoms with E-state index in [4.69, 9.17) is 5.73 Å². The van der Waals surface area contributed by atoms with Crippen LogP contribution in [0.5, 0.6) is 0 Å². The number of primary amides is 1. The first-order chi connectivity index (χ1) is 13.9. The molecule has 0 spiro atoms. The number of ketones is 1. The molecular formula is C24H26N2O3. The molecule has 150 valence electrons. The Balaban J connectivity index is 2.03. The molecule has 1 heterocycles. The molecule has 0 fully saturated rings. The predicted octanol–water partition coefficient (Wildman–Crippen LogP) is 3.97. The maximum Gasteiger partial charge on any atom is 0.250 e. The summed E-state index contributed by atoms with van der Waals surface area (Å²) in [6.45, 7) is 3.76. The van der Waals surface area contributed by atoms with Gasteiger partial charge >= 0.3 is 0 Å². The summed E-state index contributed by atoms with van der Waals surface area (Å²) in [6, 6.07) is 15.1. The van der Waals surface area contributed by atoms with Gasteiger partial charge in [0, 0.05) is 29.5 Å². The predicted molar refractivity (Wildman–Crippen MR) is 115 cm³/mol. The molecule has 5 heteroatoms. The molecule has 3 rings (SSSR count). The quantitative estimate of drug-likeness (QED) is 0.608. The maximum atomic E-state index is 12.4. The summed E-state index contributed by atoms with van der Waals surface area (Å²) >= 11 is 0. The lowest BCUT2D eigenvalue weighted by Gasteiger charge is -2.14. The summed E-state index contributed by atoms with van der Waals surface area (Å²) in [5, 5.41) is 10.3. The second-order valence-corrected chi connectivity index (χ2v) is 7.35. The largest absolute Gasteiger partial charge is 0.393 e. The Morgan fingerprint density at radius 2 is 1.86 bits per heavy atom. The Morgan fingerprint density at radius 3 is 2.52 bits per heavy atom. The first-order valence-corrected chi connectivity index (χ1v) is 9.89. The summed E-state index contributed by atoms with van der Waals surface area (Å²) < 4.78 is 0. The minimum Gasteiger partial charge on any atom is -0.393 e. The van der Waals surface area contributed by atoms with Crippen LogP contribution in [-0.4, -0.2) is 27.9 Å². The summed E-state index contributed by atoms with van der Waals surface area (Å²) in [4.78, 5) is 29.4. The fourth-order valence-corrected chi connectivity index (χ4v) is 3.60. The van der Waals surface area contributed by atoms with Gasteiger partial charge < -0.3 is 10.8 Å². The van der Waals surface area contributed by atoms with Crippen molar-refractivity contribution in [2.45, 2.75) is 45.6 Å². The zero-order chi connectivity index (χ0) is 21.0. The minimum absolute atomic E-state index is 0.0563. The number of carbonyl (C=O) groups excluding carboxylic acids is 2. The second-order valence-electron chi connectivity index (χ2n) is 7.35. The number of Topliss-reactive ketones (excluding diaryl/α,β-unsaturated/α-hetero) is 1. The third-order valence-electron chi connectivity index (χ3n) is 5.17. The Labute approximate surface area is 170 Å². The molecule has 0 saturated heterocycles. The minimum atomic E-state index is -0.520. The molecule has 0 saturated carbocycles. The van der Waals surface area contributed by atoms with E-state index in [-0.39, 0.29) is 12.2 Å². The number of rotatable bonds is 8. The average Bonchev–Trinajstić information content (AvgIpc) is 2.71. The SMILES string of the molecule is CCC(O)CCC(=O)Cc1ccc2nc(C)c(-c3ccccc3)c(C(N)=O)c2c1. The molecule has 1 unspecified atom stereocenters. The van der Waals surface area contributed by atoms with Gasteiger partial charge in [0.15, 0.2) is 0 Å². The molecule has 5 nitrogen and oxygen atoms in total. The number of pyridine rings is 1. The van der Waals surface area contributed by atoms with Crippen LogP contribution in [0.15, 0.2) is 48.5 Å². The molecule has 0 aliphatic carbocycles. The highest BCUT2D eigenvalue weighted by Crippen LogP contribution is 2.32. The number of amides is 1. The van der Waals surface area contributed by atoms with E-state index in [0.717, 1.165) is 22.4 Å². The molecule has 3 N–H and O–H groups in total. The number of nitrogens with zero attached hydrogens (tertiary/aromatic N) is 1. The summed E-state index contributed by atoms with van der Waals surface area (Å²) in [5.41, 5.74) is 10.0. The van der Waals surface area contributed by atoms with E-state index in [0.29, 0.717) is 35.7 Å². The Kier molecular flexibility index (Phi) is 6.39. The van der Waals surface area contributed by atoms with Crippen molar-refractivity contribution in [1.29, 1.82) is 0 Å². The molecule has 3 aromatic rings. The van der Waals surface area contributed by atoms with E-state index in [9.17, 15) is 14.7 Å². The molecular weight excluding hydrogens is 364 g/mol. The van der Waals surface area contributed by atoms with Crippen LogP contribution in [0.3, 0.4) is 0 Å². The normalized spacial score (nSPS) is 12.1. The van der Waals surface area contributed by atoms with Crippen LogP contribution in [0.1, 0.15) is 47.8 Å². The van der Waals surface area contributed by atoms with Crippen LogP contribution < -0.4 is 5.73 Å². The van der Waals surface area contributed by atoms with Crippen molar-refractivity contribution in [3.8, 4) is 11.1 Å². The summed E-state index contributed by atoms with van der Waals surface area (Å²) in [6.07, 6.45) is 1.24. The number of hydrogen-bond donors (Lipinski definition) is 2. The van der Waals surface area contributed by atoms with Gasteiger partial charge in [-0.15, -0.1) is 0 Å². The fourth-order valence-electron chi connectivity index (χ4n) is 3.60. The van der Waals surface area contributed by atoms with Crippen LogP contribution in [0, 0.1) is 6.92 Å². The van der Waals surface area contributed by atoms with Crippen LogP contribution in [-0.2, 0) is 11.2 Å². The molecule has 0 radical (unpaired) electrons. The van der Waals surface area contributed by atoms with Gasteiger partial charge in [-0.3, -0.25) is 14.6 Å². The number of nitrogens with two attached hydrogens (primary N) is 1. The number of fused-ring (bicyclic) bond motifs is 1. The van der Waals surface area contributed by atoms with Crippen molar-refractivity contribution >= 4 is 22.6 Å². The summed E-state index contributed by atoms with van der Waals surface area (Å²) in [7, 11) is 0. The standard InChI is InChI=1S/C24H26N2O3/c1-3-18(27)10-11-19(28)13-16-9-12-21-20(14-16)23(24(25)29)22(15(2)26-21)17-7-5-4-6-8-17/h4-9,12,14,18,27H,3,10-11,13H2,1-2H3,(H2,25,29). The van der Waals surface area contributed by atoms with Crippen molar-refractivity contribution < 1.29 is 14.7 Å². The Hall–Kier alpha value is -3.05. The van der Waals surface area contributed by atoms with Crippen LogP contribution >= 0.6 is 0 Å². The van der Waals surface area contributed by atoms with Crippen LogP contribution in [0.2, 0.25) is 0 Å². The fraction of sp³-hybridized carbons (Fsp3) is 0.292. The second kappa shape index (κ2) is 8.97. The number of hydrogen-bond acceptors (Lipinski definition) is 4. The van der Waals surface area contributed by atoms with Gasteiger partial charge in [-0.2, -0.15) is 0 Å². The molecule has 2 aromatic carbocycles. The van der Waals surface area contributed by atoms with E-state index >= 15 is 0 Å². The molecule has 0 aliphatic heterocycles. The highest BCUT2D eigenvalue weighted by atomic mass is 16.3. The number of aromatic nitrogens is 1. The zero-order valence-corrected chi connectivity index (χ0v) is 16.8. The lowest BCUT2D eigenvalue weighted by molar-refractivity contribution is -0.119. The van der Waals surface area contributed by atoms with E-state index in [1.165, 1.54) is 0 Å². The number of benzene rings is 2. The van der Waals surface area contributed by atoms with Crippen molar-refractivity contribution in [1.82, 2.24) is 4.98 Å². The van der Waals surface area contributed by atoms with Gasteiger partial charge in [0.25, 0.3) is 0 Å². The lowest BCUT2D eigenvalue weighted by Crippen LogP contribution is -2.15. The summed E-state index contributed by atoms with van der Waals surface area (Å²) in [5.74, 6) is -0.463. The molecule has 1 atom stereocenters. The molecule has 0 aliphatic rings. The lowest BCUT2D eigenvalue weighted by atomic mass is 9.93. The highest BCUT2D eigenvalue weighted by Gasteiger charge is 2.19.